The molecular weight excluding hydrogens is 150 g/mol. The summed E-state index contributed by atoms with van der Waals surface area (Å²) in [5, 5.41) is 0.391. The van der Waals surface area contributed by atoms with Gasteiger partial charge in [-0.15, -0.1) is 11.3 Å². The van der Waals surface area contributed by atoms with Gasteiger partial charge in [0, 0.05) is 13.1 Å². The van der Waals surface area contributed by atoms with E-state index in [0.29, 0.717) is 16.2 Å². The van der Waals surface area contributed by atoms with Crippen LogP contribution in [0.3, 0.4) is 0 Å². The average Bonchev–Trinajstić information content (AvgIpc) is 2.34. The van der Waals surface area contributed by atoms with Gasteiger partial charge in [-0.25, -0.2) is 4.98 Å². The van der Waals surface area contributed by atoms with E-state index in [1.54, 1.807) is 0 Å². The summed E-state index contributed by atoms with van der Waals surface area (Å²) in [7, 11) is 0. The minimum atomic E-state index is -0.0990. The lowest BCUT2D eigenvalue weighted by molar-refractivity contribution is 0.101. The predicted molar refractivity (Wildman–Crippen MR) is 37.5 cm³/mol. The summed E-state index contributed by atoms with van der Waals surface area (Å²) >= 11 is 1.11. The van der Waals surface area contributed by atoms with Gasteiger partial charge >= 0.3 is 0 Å². The Bertz CT molecular complexity index is 266. The quantitative estimate of drug-likeness (QED) is 0.475. The zero-order valence-corrected chi connectivity index (χ0v) is 6.14. The van der Waals surface area contributed by atoms with E-state index in [1.165, 1.54) is 13.1 Å². The first-order chi connectivity index (χ1) is 4.74. The summed E-state index contributed by atoms with van der Waals surface area (Å²) in [5.74, 6) is -0.0990. The molecule has 0 amide bonds. The largest absolute Gasteiger partial charge is 0.297 e. The van der Waals surface area contributed by atoms with E-state index < -0.39 is 0 Å². The van der Waals surface area contributed by atoms with Crippen LogP contribution in [-0.2, 0) is 0 Å². The number of aromatic nitrogens is 1. The summed E-state index contributed by atoms with van der Waals surface area (Å²) in [6.07, 6.45) is 2.08. The van der Waals surface area contributed by atoms with Crippen LogP contribution in [0.25, 0.3) is 0 Å². The monoisotopic (exact) mass is 155 g/mol. The lowest BCUT2D eigenvalue weighted by Gasteiger charge is -1.78. The molecule has 0 N–H and O–H groups in total. The maximum absolute atomic E-state index is 10.6. The van der Waals surface area contributed by atoms with Crippen LogP contribution in [0.1, 0.15) is 26.4 Å². The number of carbonyl (C=O) groups is 2. The molecule has 1 rings (SSSR count). The highest BCUT2D eigenvalue weighted by atomic mass is 32.1. The Morgan fingerprint density at radius 1 is 1.80 bits per heavy atom. The van der Waals surface area contributed by atoms with Gasteiger partial charge in [-0.05, 0) is 0 Å². The molecule has 0 aliphatic rings. The molecule has 10 heavy (non-hydrogen) atoms. The van der Waals surface area contributed by atoms with Crippen molar-refractivity contribution in [2.45, 2.75) is 6.92 Å². The molecule has 0 saturated heterocycles. The predicted octanol–water partition coefficient (Wildman–Crippen LogP) is 1.16. The third-order valence-electron chi connectivity index (χ3n) is 0.941. The third-order valence-corrected chi connectivity index (χ3v) is 1.96. The molecule has 1 aromatic heterocycles. The fourth-order valence-electron chi connectivity index (χ4n) is 0.504. The van der Waals surface area contributed by atoms with E-state index in [9.17, 15) is 9.59 Å². The van der Waals surface area contributed by atoms with Gasteiger partial charge in [0.25, 0.3) is 0 Å². The zero-order valence-electron chi connectivity index (χ0n) is 5.33. The molecule has 1 heterocycles. The molecule has 0 aromatic carbocycles. The molecule has 0 spiro atoms. The number of rotatable bonds is 2. The van der Waals surface area contributed by atoms with Crippen molar-refractivity contribution in [2.24, 2.45) is 0 Å². The Hall–Kier alpha value is -1.03. The van der Waals surface area contributed by atoms with Crippen LogP contribution in [-0.4, -0.2) is 17.1 Å². The van der Waals surface area contributed by atoms with Crippen molar-refractivity contribution < 1.29 is 9.59 Å². The van der Waals surface area contributed by atoms with E-state index in [1.807, 2.05) is 0 Å². The van der Waals surface area contributed by atoms with E-state index in [2.05, 4.69) is 4.98 Å². The zero-order chi connectivity index (χ0) is 7.56. The van der Waals surface area contributed by atoms with Crippen molar-refractivity contribution in [1.82, 2.24) is 4.98 Å². The van der Waals surface area contributed by atoms with Crippen LogP contribution in [0, 0.1) is 0 Å². The maximum Gasteiger partial charge on any atom is 0.188 e. The minimum absolute atomic E-state index is 0.0990. The molecule has 0 bridgehead atoms. The highest BCUT2D eigenvalue weighted by Crippen LogP contribution is 2.10. The van der Waals surface area contributed by atoms with Crippen LogP contribution >= 0.6 is 11.3 Å². The lowest BCUT2D eigenvalue weighted by atomic mass is 10.5. The Morgan fingerprint density at radius 3 is 2.80 bits per heavy atom. The molecule has 0 saturated carbocycles. The second kappa shape index (κ2) is 2.70. The number of ketones is 1. The molecule has 1 aromatic rings. The van der Waals surface area contributed by atoms with Gasteiger partial charge in [0.1, 0.15) is 0 Å². The van der Waals surface area contributed by atoms with Gasteiger partial charge in [0.2, 0.25) is 0 Å². The Labute approximate surface area is 61.7 Å². The molecule has 4 heteroatoms. The van der Waals surface area contributed by atoms with Crippen molar-refractivity contribution in [3.05, 3.63) is 16.1 Å². The van der Waals surface area contributed by atoms with E-state index >= 15 is 0 Å². The standard InChI is InChI=1S/C6H5NO2S/c1-4(9)6-7-2-5(3-8)10-6/h2-3H,1H3. The summed E-state index contributed by atoms with van der Waals surface area (Å²) in [4.78, 5) is 24.9. The van der Waals surface area contributed by atoms with Crippen LogP contribution in [0.4, 0.5) is 0 Å². The lowest BCUT2D eigenvalue weighted by Crippen LogP contribution is -1.87. The second-order valence-electron chi connectivity index (χ2n) is 1.74. The normalized spacial score (nSPS) is 9.30. The summed E-state index contributed by atoms with van der Waals surface area (Å²) < 4.78 is 0. The minimum Gasteiger partial charge on any atom is -0.297 e. The van der Waals surface area contributed by atoms with Crippen molar-refractivity contribution >= 4 is 23.4 Å². The first-order valence-electron chi connectivity index (χ1n) is 2.66. The average molecular weight is 155 g/mol. The number of hydrogen-bond acceptors (Lipinski definition) is 4. The van der Waals surface area contributed by atoms with E-state index in [0.717, 1.165) is 11.3 Å². The highest BCUT2D eigenvalue weighted by Gasteiger charge is 2.03. The molecule has 0 atom stereocenters. The maximum atomic E-state index is 10.6. The summed E-state index contributed by atoms with van der Waals surface area (Å²) in [5.41, 5.74) is 0. The smallest absolute Gasteiger partial charge is 0.188 e. The number of aldehydes is 1. The van der Waals surface area contributed by atoms with Crippen LogP contribution in [0.2, 0.25) is 0 Å². The molecule has 0 fully saturated rings. The fourth-order valence-corrected chi connectivity index (χ4v) is 1.13. The van der Waals surface area contributed by atoms with Crippen molar-refractivity contribution in [3.8, 4) is 0 Å². The van der Waals surface area contributed by atoms with Crippen LogP contribution in [0.15, 0.2) is 6.20 Å². The van der Waals surface area contributed by atoms with Gasteiger partial charge in [-0.1, -0.05) is 0 Å². The first kappa shape index (κ1) is 7.08. The van der Waals surface area contributed by atoms with Crippen LogP contribution in [0.5, 0.6) is 0 Å². The summed E-state index contributed by atoms with van der Waals surface area (Å²) in [6, 6.07) is 0. The Morgan fingerprint density at radius 2 is 2.50 bits per heavy atom. The van der Waals surface area contributed by atoms with Gasteiger partial charge in [0.05, 0.1) is 4.88 Å². The first-order valence-corrected chi connectivity index (χ1v) is 3.47. The van der Waals surface area contributed by atoms with Gasteiger partial charge < -0.3 is 0 Å². The topological polar surface area (TPSA) is 47.0 Å². The van der Waals surface area contributed by atoms with Gasteiger partial charge in [-0.3, -0.25) is 9.59 Å². The number of thiazole rings is 1. The van der Waals surface area contributed by atoms with Crippen molar-refractivity contribution in [1.29, 1.82) is 0 Å². The molecule has 52 valence electrons. The molecule has 3 nitrogen and oxygen atoms in total. The van der Waals surface area contributed by atoms with Crippen molar-refractivity contribution in [3.63, 3.8) is 0 Å². The highest BCUT2D eigenvalue weighted by molar-refractivity contribution is 7.15. The third kappa shape index (κ3) is 1.27. The molecular formula is C6H5NO2S. The number of carbonyl (C=O) groups excluding carboxylic acids is 2. The fraction of sp³-hybridized carbons (Fsp3) is 0.167. The SMILES string of the molecule is CC(=O)c1ncc(C=O)s1. The Kier molecular flexibility index (Phi) is 1.91. The molecule has 0 unspecified atom stereocenters. The van der Waals surface area contributed by atoms with Gasteiger partial charge in [0.15, 0.2) is 17.1 Å². The molecule has 0 aliphatic heterocycles. The molecule has 0 radical (unpaired) electrons. The second-order valence-corrected chi connectivity index (χ2v) is 2.80. The number of nitrogens with zero attached hydrogens (tertiary/aromatic N) is 1. The number of hydrogen-bond donors (Lipinski definition) is 0. The van der Waals surface area contributed by atoms with Gasteiger partial charge in [-0.2, -0.15) is 0 Å². The summed E-state index contributed by atoms with van der Waals surface area (Å²) in [6.45, 7) is 1.42. The van der Waals surface area contributed by atoms with E-state index in [-0.39, 0.29) is 5.78 Å². The molecule has 0 aliphatic carbocycles. The van der Waals surface area contributed by atoms with Crippen LogP contribution < -0.4 is 0 Å². The van der Waals surface area contributed by atoms with Crippen molar-refractivity contribution in [2.75, 3.05) is 0 Å². The number of Topliss-reactive ketones (excluding diaryl/α,β-unsaturated/α-hetero) is 1. The Balaban J connectivity index is 2.98. The van der Waals surface area contributed by atoms with E-state index in [4.69, 9.17) is 0 Å².